The lowest BCUT2D eigenvalue weighted by atomic mass is 9.98. The fraction of sp³-hybridized carbons (Fsp3) is 0.333. The minimum atomic E-state index is 0.162. The number of nitrogens with two attached hydrogens (primary N) is 1. The number of para-hydroxylation sites is 1. The summed E-state index contributed by atoms with van der Waals surface area (Å²) in [5.41, 5.74) is 9.91. The number of anilines is 1. The number of halogens is 2. The number of hydrogen-bond acceptors (Lipinski definition) is 2. The van der Waals surface area contributed by atoms with Crippen LogP contribution in [-0.2, 0) is 6.42 Å². The van der Waals surface area contributed by atoms with Crippen molar-refractivity contribution < 1.29 is 0 Å². The predicted molar refractivity (Wildman–Crippen MR) is 70.1 cm³/mol. The quantitative estimate of drug-likeness (QED) is 0.882. The van der Waals surface area contributed by atoms with Gasteiger partial charge in [-0.2, -0.15) is 0 Å². The molecule has 1 aliphatic heterocycles. The third-order valence-corrected chi connectivity index (χ3v) is 3.33. The molecule has 0 fully saturated rings. The summed E-state index contributed by atoms with van der Waals surface area (Å²) in [6, 6.07) is 8.43. The monoisotopic (exact) mass is 256 g/mol. The predicted octanol–water partition coefficient (Wildman–Crippen LogP) is 2.70. The van der Waals surface area contributed by atoms with E-state index in [1.165, 1.54) is 16.8 Å². The molecule has 16 heavy (non-hydrogen) atoms. The molecule has 1 unspecified atom stereocenters. The van der Waals surface area contributed by atoms with E-state index in [-0.39, 0.29) is 6.04 Å². The van der Waals surface area contributed by atoms with Crippen molar-refractivity contribution in [1.82, 2.24) is 0 Å². The van der Waals surface area contributed by atoms with Gasteiger partial charge in [0, 0.05) is 28.8 Å². The van der Waals surface area contributed by atoms with Gasteiger partial charge in [0.25, 0.3) is 0 Å². The van der Waals surface area contributed by atoms with Crippen LogP contribution in [0.3, 0.4) is 0 Å². The Bertz CT molecular complexity index is 404. The Morgan fingerprint density at radius 1 is 1.50 bits per heavy atom. The van der Waals surface area contributed by atoms with E-state index in [0.29, 0.717) is 11.6 Å². The van der Waals surface area contributed by atoms with E-state index in [9.17, 15) is 0 Å². The standard InChI is InChI=1S/C12H14Cl2N2/c13-6-10(14)7-16-8-11(15)5-9-3-1-2-4-12(9)16/h1-4,6,11H,5,7-8,15H2. The van der Waals surface area contributed by atoms with Gasteiger partial charge in [0.1, 0.15) is 0 Å². The Hall–Kier alpha value is -0.700. The molecule has 0 saturated carbocycles. The molecule has 1 atom stereocenters. The minimum absolute atomic E-state index is 0.162. The van der Waals surface area contributed by atoms with Crippen molar-refractivity contribution in [3.05, 3.63) is 40.4 Å². The van der Waals surface area contributed by atoms with Crippen LogP contribution in [0.4, 0.5) is 5.69 Å². The Morgan fingerprint density at radius 3 is 3.00 bits per heavy atom. The number of rotatable bonds is 2. The van der Waals surface area contributed by atoms with E-state index in [1.807, 2.05) is 12.1 Å². The maximum atomic E-state index is 6.02. The molecule has 0 aromatic heterocycles. The molecule has 2 rings (SSSR count). The minimum Gasteiger partial charge on any atom is -0.364 e. The third-order valence-electron chi connectivity index (χ3n) is 2.73. The first-order chi connectivity index (χ1) is 7.70. The highest BCUT2D eigenvalue weighted by Crippen LogP contribution is 2.27. The average Bonchev–Trinajstić information content (AvgIpc) is 2.28. The van der Waals surface area contributed by atoms with Crippen LogP contribution < -0.4 is 10.6 Å². The van der Waals surface area contributed by atoms with Gasteiger partial charge in [0.2, 0.25) is 0 Å². The van der Waals surface area contributed by atoms with E-state index in [0.717, 1.165) is 13.0 Å². The Labute approximate surface area is 106 Å². The maximum Gasteiger partial charge on any atom is 0.0546 e. The molecule has 2 N–H and O–H groups in total. The average molecular weight is 257 g/mol. The summed E-state index contributed by atoms with van der Waals surface area (Å²) in [7, 11) is 0. The Balaban J connectivity index is 2.26. The van der Waals surface area contributed by atoms with Crippen LogP contribution in [0.1, 0.15) is 5.56 Å². The lowest BCUT2D eigenvalue weighted by Crippen LogP contribution is -2.43. The van der Waals surface area contributed by atoms with Crippen LogP contribution in [0.15, 0.2) is 34.8 Å². The van der Waals surface area contributed by atoms with E-state index in [4.69, 9.17) is 28.9 Å². The van der Waals surface area contributed by atoms with Gasteiger partial charge < -0.3 is 10.6 Å². The Morgan fingerprint density at radius 2 is 2.25 bits per heavy atom. The molecule has 86 valence electrons. The highest BCUT2D eigenvalue weighted by molar-refractivity contribution is 6.36. The largest absolute Gasteiger partial charge is 0.364 e. The second-order valence-electron chi connectivity index (χ2n) is 4.03. The molecular formula is C12H14Cl2N2. The van der Waals surface area contributed by atoms with Gasteiger partial charge in [0.05, 0.1) is 6.54 Å². The maximum absolute atomic E-state index is 6.02. The highest BCUT2D eigenvalue weighted by atomic mass is 35.5. The van der Waals surface area contributed by atoms with Crippen LogP contribution in [0.25, 0.3) is 0 Å². The second kappa shape index (κ2) is 5.09. The molecular weight excluding hydrogens is 243 g/mol. The molecule has 0 spiro atoms. The first kappa shape index (κ1) is 11.8. The van der Waals surface area contributed by atoms with E-state index in [2.05, 4.69) is 17.0 Å². The van der Waals surface area contributed by atoms with Gasteiger partial charge in [0.15, 0.2) is 0 Å². The van der Waals surface area contributed by atoms with E-state index < -0.39 is 0 Å². The molecule has 0 aliphatic carbocycles. The van der Waals surface area contributed by atoms with Gasteiger partial charge >= 0.3 is 0 Å². The van der Waals surface area contributed by atoms with Gasteiger partial charge in [-0.15, -0.1) is 0 Å². The molecule has 0 saturated heterocycles. The number of hydrogen-bond donors (Lipinski definition) is 1. The van der Waals surface area contributed by atoms with Crippen LogP contribution >= 0.6 is 23.2 Å². The zero-order chi connectivity index (χ0) is 11.5. The summed E-state index contributed by atoms with van der Waals surface area (Å²) < 4.78 is 0. The first-order valence-corrected chi connectivity index (χ1v) is 6.05. The molecule has 1 heterocycles. The summed E-state index contributed by atoms with van der Waals surface area (Å²) in [6.45, 7) is 1.44. The fourth-order valence-corrected chi connectivity index (χ4v) is 2.30. The van der Waals surface area contributed by atoms with Gasteiger partial charge in [-0.3, -0.25) is 0 Å². The van der Waals surface area contributed by atoms with Gasteiger partial charge in [-0.05, 0) is 18.1 Å². The van der Waals surface area contributed by atoms with E-state index >= 15 is 0 Å². The molecule has 0 bridgehead atoms. The van der Waals surface area contributed by atoms with Crippen molar-refractivity contribution in [1.29, 1.82) is 0 Å². The summed E-state index contributed by atoms with van der Waals surface area (Å²) >= 11 is 11.5. The lowest BCUT2D eigenvalue weighted by Gasteiger charge is -2.34. The zero-order valence-corrected chi connectivity index (χ0v) is 10.4. The number of nitrogens with zero attached hydrogens (tertiary/aromatic N) is 1. The molecule has 1 aromatic rings. The smallest absolute Gasteiger partial charge is 0.0546 e. The molecule has 1 aliphatic rings. The van der Waals surface area contributed by atoms with Crippen molar-refractivity contribution >= 4 is 28.9 Å². The van der Waals surface area contributed by atoms with Crippen LogP contribution in [0.2, 0.25) is 0 Å². The van der Waals surface area contributed by atoms with Crippen LogP contribution in [0.5, 0.6) is 0 Å². The molecule has 1 aromatic carbocycles. The zero-order valence-electron chi connectivity index (χ0n) is 8.87. The Kier molecular flexibility index (Phi) is 3.74. The van der Waals surface area contributed by atoms with E-state index in [1.54, 1.807) is 0 Å². The van der Waals surface area contributed by atoms with Crippen molar-refractivity contribution in [2.75, 3.05) is 18.0 Å². The molecule has 0 radical (unpaired) electrons. The molecule has 4 heteroatoms. The highest BCUT2D eigenvalue weighted by Gasteiger charge is 2.21. The summed E-state index contributed by atoms with van der Waals surface area (Å²) in [5.74, 6) is 0. The van der Waals surface area contributed by atoms with Crippen LogP contribution in [0, 0.1) is 0 Å². The van der Waals surface area contributed by atoms with Crippen molar-refractivity contribution in [3.8, 4) is 0 Å². The summed E-state index contributed by atoms with van der Waals surface area (Å²) in [4.78, 5) is 2.17. The summed E-state index contributed by atoms with van der Waals surface area (Å²) in [5, 5.41) is 0.630. The topological polar surface area (TPSA) is 29.3 Å². The number of fused-ring (bicyclic) bond motifs is 1. The fourth-order valence-electron chi connectivity index (χ4n) is 2.09. The lowest BCUT2D eigenvalue weighted by molar-refractivity contribution is 0.615. The molecule has 0 amide bonds. The van der Waals surface area contributed by atoms with Gasteiger partial charge in [-0.25, -0.2) is 0 Å². The summed E-state index contributed by atoms with van der Waals surface area (Å²) in [6.07, 6.45) is 0.925. The van der Waals surface area contributed by atoms with Crippen molar-refractivity contribution in [2.24, 2.45) is 5.73 Å². The normalized spacial score (nSPS) is 20.8. The molecule has 2 nitrogen and oxygen atoms in total. The van der Waals surface area contributed by atoms with Crippen LogP contribution in [-0.4, -0.2) is 19.1 Å². The number of benzene rings is 1. The third kappa shape index (κ3) is 2.51. The second-order valence-corrected chi connectivity index (χ2v) is 4.73. The van der Waals surface area contributed by atoms with Crippen molar-refractivity contribution in [3.63, 3.8) is 0 Å². The van der Waals surface area contributed by atoms with Gasteiger partial charge in [-0.1, -0.05) is 41.4 Å². The first-order valence-electron chi connectivity index (χ1n) is 5.24. The van der Waals surface area contributed by atoms with Crippen molar-refractivity contribution in [2.45, 2.75) is 12.5 Å². The SMILES string of the molecule is NC1Cc2ccccc2N(CC(Cl)=CCl)C1.